The van der Waals surface area contributed by atoms with Crippen LogP contribution in [0.2, 0.25) is 5.02 Å². The second-order valence-corrected chi connectivity index (χ2v) is 6.32. The third kappa shape index (κ3) is 3.27. The second-order valence-electron chi connectivity index (χ2n) is 4.34. The number of benzene rings is 1. The third-order valence-electron chi connectivity index (χ3n) is 2.92. The van der Waals surface area contributed by atoms with Gasteiger partial charge >= 0.3 is 15.6 Å². The number of alkyl halides is 3. The van der Waals surface area contributed by atoms with E-state index in [4.69, 9.17) is 11.6 Å². The lowest BCUT2D eigenvalue weighted by atomic mass is 9.97. The lowest BCUT2D eigenvalue weighted by molar-refractivity contribution is -0.0523. The van der Waals surface area contributed by atoms with Gasteiger partial charge in [-0.2, -0.15) is 21.6 Å². The van der Waals surface area contributed by atoms with Gasteiger partial charge in [0.2, 0.25) is 0 Å². The SMILES string of the molecule is O=S(=O)(OC1=CCC(c2ccc(Cl)cc2)C1)C(F)(F)F. The molecule has 0 heterocycles. The Morgan fingerprint density at radius 2 is 1.80 bits per heavy atom. The maximum atomic E-state index is 12.2. The van der Waals surface area contributed by atoms with Gasteiger partial charge in [0.25, 0.3) is 0 Å². The Bertz CT molecular complexity index is 620. The highest BCUT2D eigenvalue weighted by atomic mass is 35.5. The van der Waals surface area contributed by atoms with Crippen molar-refractivity contribution in [2.24, 2.45) is 0 Å². The van der Waals surface area contributed by atoms with Crippen molar-refractivity contribution in [3.63, 3.8) is 0 Å². The Labute approximate surface area is 119 Å². The molecule has 0 bridgehead atoms. The van der Waals surface area contributed by atoms with E-state index in [0.29, 0.717) is 11.4 Å². The summed E-state index contributed by atoms with van der Waals surface area (Å²) in [5.41, 5.74) is -4.54. The summed E-state index contributed by atoms with van der Waals surface area (Å²) >= 11 is 5.74. The molecule has 1 unspecified atom stereocenters. The summed E-state index contributed by atoms with van der Waals surface area (Å²) in [7, 11) is -5.58. The van der Waals surface area contributed by atoms with Gasteiger partial charge in [0.05, 0.1) is 0 Å². The molecule has 0 fully saturated rings. The Kier molecular flexibility index (Phi) is 4.02. The average molecular weight is 327 g/mol. The lowest BCUT2D eigenvalue weighted by Gasteiger charge is -2.12. The zero-order chi connectivity index (χ0) is 15.0. The summed E-state index contributed by atoms with van der Waals surface area (Å²) in [6.45, 7) is 0. The fraction of sp³-hybridized carbons (Fsp3) is 0.333. The molecule has 20 heavy (non-hydrogen) atoms. The molecule has 1 aliphatic carbocycles. The Hall–Kier alpha value is -1.21. The highest BCUT2D eigenvalue weighted by Gasteiger charge is 2.49. The first kappa shape index (κ1) is 15.2. The molecular weight excluding hydrogens is 317 g/mol. The maximum absolute atomic E-state index is 12.2. The van der Waals surface area contributed by atoms with E-state index in [1.54, 1.807) is 24.3 Å². The molecule has 0 saturated carbocycles. The van der Waals surface area contributed by atoms with Crippen molar-refractivity contribution in [2.45, 2.75) is 24.3 Å². The minimum absolute atomic E-state index is 0.106. The molecule has 1 aromatic rings. The van der Waals surface area contributed by atoms with Crippen LogP contribution in [-0.2, 0) is 14.3 Å². The summed E-state index contributed by atoms with van der Waals surface area (Å²) < 4.78 is 62.5. The van der Waals surface area contributed by atoms with Crippen LogP contribution < -0.4 is 0 Å². The van der Waals surface area contributed by atoms with Gasteiger partial charge < -0.3 is 4.18 Å². The van der Waals surface area contributed by atoms with Crippen molar-refractivity contribution >= 4 is 21.7 Å². The molecule has 0 spiro atoms. The number of hydrogen-bond acceptors (Lipinski definition) is 3. The second kappa shape index (κ2) is 5.29. The quantitative estimate of drug-likeness (QED) is 0.623. The minimum atomic E-state index is -5.58. The van der Waals surface area contributed by atoms with Crippen LogP contribution in [0.4, 0.5) is 13.2 Å². The fourth-order valence-electron chi connectivity index (χ4n) is 1.93. The summed E-state index contributed by atoms with van der Waals surface area (Å²) in [5.74, 6) is -0.284. The molecule has 0 radical (unpaired) electrons. The van der Waals surface area contributed by atoms with Gasteiger partial charge in [0, 0.05) is 11.4 Å². The van der Waals surface area contributed by atoms with E-state index in [1.165, 1.54) is 6.08 Å². The van der Waals surface area contributed by atoms with Crippen LogP contribution in [0.25, 0.3) is 0 Å². The van der Waals surface area contributed by atoms with Gasteiger partial charge in [0.15, 0.2) is 0 Å². The first-order valence-corrected chi connectivity index (χ1v) is 7.43. The van der Waals surface area contributed by atoms with Crippen molar-refractivity contribution in [1.29, 1.82) is 0 Å². The summed E-state index contributed by atoms with van der Waals surface area (Å²) in [6.07, 6.45) is 1.89. The zero-order valence-electron chi connectivity index (χ0n) is 10.0. The molecule has 3 nitrogen and oxygen atoms in total. The largest absolute Gasteiger partial charge is 0.534 e. The monoisotopic (exact) mass is 326 g/mol. The Morgan fingerprint density at radius 1 is 1.20 bits per heavy atom. The van der Waals surface area contributed by atoms with Gasteiger partial charge in [-0.25, -0.2) is 0 Å². The Morgan fingerprint density at radius 3 is 2.35 bits per heavy atom. The maximum Gasteiger partial charge on any atom is 0.534 e. The van der Waals surface area contributed by atoms with E-state index in [9.17, 15) is 21.6 Å². The molecule has 0 aliphatic heterocycles. The molecule has 1 atom stereocenters. The molecule has 0 amide bonds. The highest BCUT2D eigenvalue weighted by molar-refractivity contribution is 7.87. The van der Waals surface area contributed by atoms with Crippen LogP contribution in [0.3, 0.4) is 0 Å². The lowest BCUT2D eigenvalue weighted by Crippen LogP contribution is -2.25. The number of allylic oxidation sites excluding steroid dienone is 2. The standard InChI is InChI=1S/C12H10ClF3O3S/c13-10-4-1-8(2-5-10)9-3-6-11(7-9)19-20(17,18)12(14,15)16/h1-2,4-6,9H,3,7H2. The van der Waals surface area contributed by atoms with E-state index in [1.807, 2.05) is 0 Å². The Balaban J connectivity index is 2.04. The first-order valence-electron chi connectivity index (χ1n) is 5.64. The number of rotatable bonds is 3. The number of halogens is 4. The topological polar surface area (TPSA) is 43.4 Å². The van der Waals surface area contributed by atoms with E-state index < -0.39 is 15.6 Å². The molecule has 0 saturated heterocycles. The van der Waals surface area contributed by atoms with Crippen molar-refractivity contribution in [2.75, 3.05) is 0 Å². The van der Waals surface area contributed by atoms with Crippen LogP contribution in [0.15, 0.2) is 36.1 Å². The van der Waals surface area contributed by atoms with Crippen LogP contribution >= 0.6 is 11.6 Å². The van der Waals surface area contributed by atoms with Gasteiger partial charge in [0.1, 0.15) is 5.76 Å². The van der Waals surface area contributed by atoms with Gasteiger partial charge in [-0.1, -0.05) is 23.7 Å². The average Bonchev–Trinajstić information content (AvgIpc) is 2.76. The smallest absolute Gasteiger partial charge is 0.381 e. The highest BCUT2D eigenvalue weighted by Crippen LogP contribution is 2.37. The normalized spacial score (nSPS) is 19.8. The van der Waals surface area contributed by atoms with Crippen molar-refractivity contribution in [1.82, 2.24) is 0 Å². The molecule has 0 N–H and O–H groups in total. The van der Waals surface area contributed by atoms with Gasteiger partial charge in [-0.3, -0.25) is 0 Å². The summed E-state index contributed by atoms with van der Waals surface area (Å²) in [5, 5.41) is 0.552. The van der Waals surface area contributed by atoms with Crippen LogP contribution in [-0.4, -0.2) is 13.9 Å². The summed E-state index contributed by atoms with van der Waals surface area (Å²) in [4.78, 5) is 0. The van der Waals surface area contributed by atoms with Gasteiger partial charge in [-0.05, 0) is 36.1 Å². The van der Waals surface area contributed by atoms with E-state index in [0.717, 1.165) is 5.56 Å². The first-order chi connectivity index (χ1) is 9.19. The molecule has 8 heteroatoms. The molecule has 1 aromatic carbocycles. The van der Waals surface area contributed by atoms with Crippen molar-refractivity contribution < 1.29 is 25.8 Å². The van der Waals surface area contributed by atoms with E-state index >= 15 is 0 Å². The van der Waals surface area contributed by atoms with E-state index in [-0.39, 0.29) is 18.1 Å². The molecule has 0 aromatic heterocycles. The van der Waals surface area contributed by atoms with Crippen molar-refractivity contribution in [3.8, 4) is 0 Å². The minimum Gasteiger partial charge on any atom is -0.381 e. The predicted octanol–water partition coefficient (Wildman–Crippen LogP) is 3.97. The molecule has 1 aliphatic rings. The zero-order valence-corrected chi connectivity index (χ0v) is 11.6. The third-order valence-corrected chi connectivity index (χ3v) is 4.17. The molecule has 2 rings (SSSR count). The van der Waals surface area contributed by atoms with Gasteiger partial charge in [-0.15, -0.1) is 0 Å². The van der Waals surface area contributed by atoms with E-state index in [2.05, 4.69) is 4.18 Å². The van der Waals surface area contributed by atoms with Crippen LogP contribution in [0.5, 0.6) is 0 Å². The number of hydrogen-bond donors (Lipinski definition) is 0. The fourth-order valence-corrected chi connectivity index (χ4v) is 2.57. The van der Waals surface area contributed by atoms with Crippen molar-refractivity contribution in [3.05, 3.63) is 46.7 Å². The van der Waals surface area contributed by atoms with Crippen LogP contribution in [0, 0.1) is 0 Å². The molecule has 110 valence electrons. The summed E-state index contributed by atoms with van der Waals surface area (Å²) in [6, 6.07) is 6.84. The van der Waals surface area contributed by atoms with Crippen LogP contribution in [0.1, 0.15) is 24.3 Å². The predicted molar refractivity (Wildman–Crippen MR) is 67.6 cm³/mol. The molecular formula is C12H10ClF3O3S.